The van der Waals surface area contributed by atoms with Crippen LogP contribution < -0.4 is 10.3 Å². The van der Waals surface area contributed by atoms with E-state index >= 15 is 0 Å². The molecule has 0 unspecified atom stereocenters. The van der Waals surface area contributed by atoms with Crippen LogP contribution in [-0.4, -0.2) is 47.6 Å². The third-order valence-corrected chi connectivity index (χ3v) is 3.65. The SMILES string of the molecule is Cc1nc(N/N=C/c2ccc(O)cc2N=O)cc(N2CCOCC2)n1. The summed E-state index contributed by atoms with van der Waals surface area (Å²) < 4.78 is 5.35. The predicted molar refractivity (Wildman–Crippen MR) is 94.6 cm³/mol. The Balaban J connectivity index is 1.74. The smallest absolute Gasteiger partial charge is 0.152 e. The van der Waals surface area contributed by atoms with Gasteiger partial charge >= 0.3 is 0 Å². The lowest BCUT2D eigenvalue weighted by Gasteiger charge is -2.28. The quantitative estimate of drug-likeness (QED) is 0.486. The number of aromatic hydroxyl groups is 1. The van der Waals surface area contributed by atoms with Gasteiger partial charge in [-0.05, 0) is 24.2 Å². The van der Waals surface area contributed by atoms with Crippen LogP contribution in [0.15, 0.2) is 34.5 Å². The van der Waals surface area contributed by atoms with Gasteiger partial charge in [-0.15, -0.1) is 4.91 Å². The van der Waals surface area contributed by atoms with E-state index in [0.29, 0.717) is 30.4 Å². The number of hydrogen-bond donors (Lipinski definition) is 2. The van der Waals surface area contributed by atoms with Gasteiger partial charge in [0.25, 0.3) is 0 Å². The van der Waals surface area contributed by atoms with Crippen LogP contribution in [0.3, 0.4) is 0 Å². The first kappa shape index (κ1) is 16.8. The van der Waals surface area contributed by atoms with E-state index in [-0.39, 0.29) is 11.4 Å². The van der Waals surface area contributed by atoms with Crippen molar-refractivity contribution in [3.8, 4) is 5.75 Å². The third kappa shape index (κ3) is 4.27. The number of anilines is 2. The predicted octanol–water partition coefficient (Wildman–Crippen LogP) is 2.17. The van der Waals surface area contributed by atoms with E-state index in [2.05, 4.69) is 30.6 Å². The number of phenols is 1. The summed E-state index contributed by atoms with van der Waals surface area (Å²) in [4.78, 5) is 21.7. The van der Waals surface area contributed by atoms with Crippen LogP contribution in [0.1, 0.15) is 11.4 Å². The molecule has 25 heavy (non-hydrogen) atoms. The van der Waals surface area contributed by atoms with E-state index in [1.807, 2.05) is 13.0 Å². The van der Waals surface area contributed by atoms with Crippen LogP contribution in [0, 0.1) is 11.8 Å². The number of morpholine rings is 1. The second kappa shape index (κ2) is 7.67. The molecule has 0 spiro atoms. The molecule has 1 aromatic heterocycles. The van der Waals surface area contributed by atoms with Crippen molar-refractivity contribution in [2.24, 2.45) is 10.3 Å². The van der Waals surface area contributed by atoms with Crippen molar-refractivity contribution >= 4 is 23.5 Å². The molecule has 0 amide bonds. The fourth-order valence-corrected chi connectivity index (χ4v) is 2.45. The Bertz CT molecular complexity index is 789. The summed E-state index contributed by atoms with van der Waals surface area (Å²) in [7, 11) is 0. The number of aryl methyl sites for hydroxylation is 1. The van der Waals surface area contributed by atoms with Crippen molar-refractivity contribution in [3.05, 3.63) is 40.6 Å². The van der Waals surface area contributed by atoms with Gasteiger partial charge in [0, 0.05) is 30.8 Å². The van der Waals surface area contributed by atoms with Crippen molar-refractivity contribution in [2.45, 2.75) is 6.92 Å². The van der Waals surface area contributed by atoms with Crippen molar-refractivity contribution in [1.82, 2.24) is 9.97 Å². The standard InChI is InChI=1S/C16H18N6O3/c1-11-18-15(9-16(19-11)22-4-6-25-7-5-22)20-17-10-12-2-3-13(23)8-14(12)21-24/h2-3,8-10,23H,4-7H2,1H3,(H,18,19,20)/b17-10+. The van der Waals surface area contributed by atoms with Gasteiger partial charge in [0.05, 0.1) is 19.4 Å². The van der Waals surface area contributed by atoms with Crippen LogP contribution in [0.2, 0.25) is 0 Å². The molecular formula is C16H18N6O3. The maximum absolute atomic E-state index is 10.8. The van der Waals surface area contributed by atoms with Crippen LogP contribution in [0.5, 0.6) is 5.75 Å². The average Bonchev–Trinajstić information content (AvgIpc) is 2.63. The summed E-state index contributed by atoms with van der Waals surface area (Å²) >= 11 is 0. The lowest BCUT2D eigenvalue weighted by atomic mass is 10.2. The minimum atomic E-state index is -0.0266. The number of rotatable bonds is 5. The number of phenolic OH excluding ortho intramolecular Hbond substituents is 1. The molecule has 2 N–H and O–H groups in total. The highest BCUT2D eigenvalue weighted by Gasteiger charge is 2.14. The molecule has 0 radical (unpaired) electrons. The maximum Gasteiger partial charge on any atom is 0.152 e. The van der Waals surface area contributed by atoms with Crippen LogP contribution in [-0.2, 0) is 4.74 Å². The molecule has 1 saturated heterocycles. The first-order chi connectivity index (χ1) is 12.2. The molecule has 0 bridgehead atoms. The fourth-order valence-electron chi connectivity index (χ4n) is 2.45. The Morgan fingerprint density at radius 1 is 1.28 bits per heavy atom. The van der Waals surface area contributed by atoms with Gasteiger partial charge in [0.15, 0.2) is 5.82 Å². The second-order valence-electron chi connectivity index (χ2n) is 5.46. The number of hydrazone groups is 1. The number of aromatic nitrogens is 2. The summed E-state index contributed by atoms with van der Waals surface area (Å²) in [5.41, 5.74) is 3.43. The van der Waals surface area contributed by atoms with Crippen molar-refractivity contribution in [3.63, 3.8) is 0 Å². The molecule has 130 valence electrons. The fraction of sp³-hybridized carbons (Fsp3) is 0.312. The van der Waals surface area contributed by atoms with Gasteiger partial charge < -0.3 is 14.7 Å². The molecule has 1 aromatic carbocycles. The minimum absolute atomic E-state index is 0.0266. The third-order valence-electron chi connectivity index (χ3n) is 3.65. The number of nitroso groups, excluding NO2 is 1. The Hall–Kier alpha value is -3.07. The van der Waals surface area contributed by atoms with Gasteiger partial charge in [-0.1, -0.05) is 0 Å². The number of nitrogens with zero attached hydrogens (tertiary/aromatic N) is 5. The van der Waals surface area contributed by atoms with Crippen LogP contribution in [0.25, 0.3) is 0 Å². The molecule has 9 heteroatoms. The molecule has 0 saturated carbocycles. The van der Waals surface area contributed by atoms with Crippen molar-refractivity contribution in [1.29, 1.82) is 0 Å². The Morgan fingerprint density at radius 2 is 2.08 bits per heavy atom. The van der Waals surface area contributed by atoms with Gasteiger partial charge in [-0.25, -0.2) is 9.97 Å². The lowest BCUT2D eigenvalue weighted by molar-refractivity contribution is 0.122. The molecule has 2 heterocycles. The van der Waals surface area contributed by atoms with Gasteiger partial charge in [0.2, 0.25) is 0 Å². The van der Waals surface area contributed by atoms with E-state index in [1.165, 1.54) is 18.3 Å². The minimum Gasteiger partial charge on any atom is -0.508 e. The molecule has 9 nitrogen and oxygen atoms in total. The molecule has 2 aromatic rings. The van der Waals surface area contributed by atoms with Crippen molar-refractivity contribution in [2.75, 3.05) is 36.6 Å². The zero-order valence-electron chi connectivity index (χ0n) is 13.7. The number of nitrogens with one attached hydrogen (secondary N) is 1. The molecule has 0 atom stereocenters. The average molecular weight is 342 g/mol. The van der Waals surface area contributed by atoms with E-state index in [1.54, 1.807) is 6.07 Å². The molecule has 1 aliphatic rings. The van der Waals surface area contributed by atoms with Crippen LogP contribution >= 0.6 is 0 Å². The Kier molecular flexibility index (Phi) is 5.14. The van der Waals surface area contributed by atoms with Gasteiger partial charge in [0.1, 0.15) is 23.1 Å². The zero-order valence-corrected chi connectivity index (χ0v) is 13.7. The molecule has 1 aliphatic heterocycles. The number of benzene rings is 1. The number of ether oxygens (including phenoxy) is 1. The van der Waals surface area contributed by atoms with E-state index in [4.69, 9.17) is 4.74 Å². The topological polar surface area (TPSA) is 112 Å². The largest absolute Gasteiger partial charge is 0.508 e. The first-order valence-electron chi connectivity index (χ1n) is 7.79. The zero-order chi connectivity index (χ0) is 17.6. The monoisotopic (exact) mass is 342 g/mol. The molecule has 0 aliphatic carbocycles. The first-order valence-corrected chi connectivity index (χ1v) is 7.79. The lowest BCUT2D eigenvalue weighted by Crippen LogP contribution is -2.36. The Morgan fingerprint density at radius 3 is 2.84 bits per heavy atom. The summed E-state index contributed by atoms with van der Waals surface area (Å²) in [6, 6.07) is 6.11. The highest BCUT2D eigenvalue weighted by Crippen LogP contribution is 2.23. The summed E-state index contributed by atoms with van der Waals surface area (Å²) in [5.74, 6) is 1.96. The Labute approximate surface area is 144 Å². The van der Waals surface area contributed by atoms with Crippen molar-refractivity contribution < 1.29 is 9.84 Å². The normalized spacial score (nSPS) is 14.7. The maximum atomic E-state index is 10.8. The summed E-state index contributed by atoms with van der Waals surface area (Å²) in [6.45, 7) is 4.72. The summed E-state index contributed by atoms with van der Waals surface area (Å²) in [5, 5.41) is 16.3. The van der Waals surface area contributed by atoms with Gasteiger partial charge in [-0.2, -0.15) is 5.10 Å². The highest BCUT2D eigenvalue weighted by atomic mass is 16.5. The molecular weight excluding hydrogens is 324 g/mol. The summed E-state index contributed by atoms with van der Waals surface area (Å²) in [6.07, 6.45) is 1.45. The van der Waals surface area contributed by atoms with Crippen LogP contribution in [0.4, 0.5) is 17.3 Å². The second-order valence-corrected chi connectivity index (χ2v) is 5.46. The van der Waals surface area contributed by atoms with E-state index < -0.39 is 0 Å². The molecule has 1 fully saturated rings. The highest BCUT2D eigenvalue weighted by molar-refractivity contribution is 5.87. The van der Waals surface area contributed by atoms with Gasteiger partial charge in [-0.3, -0.25) is 5.43 Å². The van der Waals surface area contributed by atoms with E-state index in [0.717, 1.165) is 18.9 Å². The van der Waals surface area contributed by atoms with E-state index in [9.17, 15) is 10.0 Å². The number of hydrogen-bond acceptors (Lipinski definition) is 9. The molecule has 3 rings (SSSR count).